The molecule has 6 nitrogen and oxygen atoms in total. The Kier molecular flexibility index (Phi) is 7.76. The summed E-state index contributed by atoms with van der Waals surface area (Å²) in [4.78, 5) is 29.0. The fraction of sp³-hybridized carbons (Fsp3) is 0.462. The van der Waals surface area contributed by atoms with Crippen LogP contribution in [0.3, 0.4) is 0 Å². The Labute approximate surface area is 198 Å². The van der Waals surface area contributed by atoms with E-state index in [-0.39, 0.29) is 68.4 Å². The number of aromatic nitrogens is 1. The van der Waals surface area contributed by atoms with E-state index in [4.69, 9.17) is 0 Å². The van der Waals surface area contributed by atoms with Crippen molar-refractivity contribution in [2.24, 2.45) is 5.92 Å². The summed E-state index contributed by atoms with van der Waals surface area (Å²) < 4.78 is 1.49. The van der Waals surface area contributed by atoms with Gasteiger partial charge in [0, 0.05) is 11.1 Å². The second kappa shape index (κ2) is 8.76. The topological polar surface area (TPSA) is 93.6 Å². The third-order valence-corrected chi connectivity index (χ3v) is 8.36. The molecule has 0 unspecified atom stereocenters. The number of hydrogen-bond donors (Lipinski definition) is 1. The molecule has 3 atom stereocenters. The van der Waals surface area contributed by atoms with Crippen LogP contribution >= 0.6 is 46.6 Å². The molecule has 0 bridgehead atoms. The normalized spacial score (nSPS) is 23.6. The third kappa shape index (κ3) is 4.10. The zero-order valence-corrected chi connectivity index (χ0v) is 19.6. The number of β-lactam (4-membered cyclic amide) rings is 1. The molecule has 0 aromatic carbocycles. The van der Waals surface area contributed by atoms with Gasteiger partial charge in [-0.15, -0.1) is 23.1 Å². The average molecular weight is 429 g/mol. The van der Waals surface area contributed by atoms with Gasteiger partial charge in [0.2, 0.25) is 5.91 Å². The molecule has 1 saturated heterocycles. The van der Waals surface area contributed by atoms with Crippen LogP contribution in [0.1, 0.15) is 12.6 Å². The maximum atomic E-state index is 12.0. The van der Waals surface area contributed by atoms with Crippen LogP contribution < -0.4 is 56.5 Å². The number of aliphatic hydroxyl groups excluding tert-OH is 1. The number of thiazole rings is 1. The molecule has 11 heteroatoms. The minimum absolute atomic E-state index is 0. The van der Waals surface area contributed by atoms with Crippen LogP contribution in [-0.4, -0.2) is 43.4 Å². The van der Waals surface area contributed by atoms with Crippen molar-refractivity contribution in [2.75, 3.05) is 5.08 Å². The van der Waals surface area contributed by atoms with Gasteiger partial charge in [-0.25, -0.2) is 4.98 Å². The van der Waals surface area contributed by atoms with Crippen LogP contribution in [0.5, 0.6) is 0 Å². The van der Waals surface area contributed by atoms with Crippen molar-refractivity contribution in [3.63, 3.8) is 0 Å². The number of rotatable bonds is 6. The number of thioether (sulfide) groups is 3. The molecule has 1 aromatic heterocycles. The molecule has 3 heterocycles. The summed E-state index contributed by atoms with van der Waals surface area (Å²) in [5, 5.41) is 23.3. The van der Waals surface area contributed by atoms with E-state index in [2.05, 4.69) is 4.98 Å². The summed E-state index contributed by atoms with van der Waals surface area (Å²) in [6.07, 6.45) is -0.795. The SMILES string of the molecule is Cc1csc(SCSC2=C(C(=O)[O-])N3C(=O)[C@H]([C@@H](C)O)[C@H]3S2)n1.[K+]. The Morgan fingerprint density at radius 3 is 2.79 bits per heavy atom. The van der Waals surface area contributed by atoms with Crippen molar-refractivity contribution in [3.05, 3.63) is 21.0 Å². The Hall–Kier alpha value is 0.956. The number of carboxylic acids is 1. The quantitative estimate of drug-likeness (QED) is 0.242. The van der Waals surface area contributed by atoms with E-state index in [9.17, 15) is 19.8 Å². The van der Waals surface area contributed by atoms with Crippen molar-refractivity contribution in [3.8, 4) is 0 Å². The summed E-state index contributed by atoms with van der Waals surface area (Å²) in [6.45, 7) is 3.47. The second-order valence-electron chi connectivity index (χ2n) is 5.07. The summed E-state index contributed by atoms with van der Waals surface area (Å²) >= 11 is 5.75. The van der Waals surface area contributed by atoms with E-state index in [0.717, 1.165) is 10.0 Å². The van der Waals surface area contributed by atoms with Crippen molar-refractivity contribution < 1.29 is 71.2 Å². The van der Waals surface area contributed by atoms with Gasteiger partial charge in [0.1, 0.15) is 5.37 Å². The van der Waals surface area contributed by atoms with E-state index < -0.39 is 18.0 Å². The van der Waals surface area contributed by atoms with Gasteiger partial charge in [-0.3, -0.25) is 9.69 Å². The van der Waals surface area contributed by atoms with E-state index in [1.807, 2.05) is 12.3 Å². The van der Waals surface area contributed by atoms with Crippen molar-refractivity contribution in [2.45, 2.75) is 29.7 Å². The average Bonchev–Trinajstić information content (AvgIpc) is 3.00. The third-order valence-electron chi connectivity index (χ3n) is 3.43. The van der Waals surface area contributed by atoms with Crippen LogP contribution in [0.15, 0.2) is 19.7 Å². The molecular weight excluding hydrogens is 416 g/mol. The predicted molar refractivity (Wildman–Crippen MR) is 90.6 cm³/mol. The molecule has 1 aromatic rings. The number of aliphatic hydroxyl groups is 1. The number of fused-ring (bicyclic) bond motifs is 1. The van der Waals surface area contributed by atoms with Crippen LogP contribution in [-0.2, 0) is 9.59 Å². The number of nitrogens with zero attached hydrogens (tertiary/aromatic N) is 2. The van der Waals surface area contributed by atoms with Crippen molar-refractivity contribution in [1.82, 2.24) is 9.88 Å². The molecule has 2 aliphatic heterocycles. The monoisotopic (exact) mass is 428 g/mol. The molecule has 2 aliphatic rings. The molecule has 1 amide bonds. The first kappa shape index (κ1) is 21.3. The zero-order valence-electron chi connectivity index (χ0n) is 13.2. The van der Waals surface area contributed by atoms with Gasteiger partial charge in [-0.05, 0) is 13.8 Å². The van der Waals surface area contributed by atoms with Crippen LogP contribution in [0.2, 0.25) is 0 Å². The van der Waals surface area contributed by atoms with Crippen LogP contribution in [0.25, 0.3) is 0 Å². The van der Waals surface area contributed by atoms with Gasteiger partial charge in [-0.1, -0.05) is 23.5 Å². The van der Waals surface area contributed by atoms with Crippen molar-refractivity contribution >= 4 is 58.5 Å². The van der Waals surface area contributed by atoms with Gasteiger partial charge in [0.05, 0.1) is 33.0 Å². The van der Waals surface area contributed by atoms with Crippen LogP contribution in [0, 0.1) is 12.8 Å². The number of carbonyl (C=O) groups excluding carboxylic acids is 2. The number of amides is 1. The Bertz CT molecular complexity index is 693. The molecule has 1 fully saturated rings. The van der Waals surface area contributed by atoms with E-state index in [1.165, 1.54) is 40.2 Å². The molecule has 0 saturated carbocycles. The molecule has 0 spiro atoms. The fourth-order valence-corrected chi connectivity index (χ4v) is 7.66. The summed E-state index contributed by atoms with van der Waals surface area (Å²) in [5.41, 5.74) is 0.893. The Morgan fingerprint density at radius 2 is 2.25 bits per heavy atom. The van der Waals surface area contributed by atoms with Gasteiger partial charge in [0.15, 0.2) is 4.34 Å². The number of aryl methyl sites for hydroxylation is 1. The van der Waals surface area contributed by atoms with Gasteiger partial charge in [-0.2, -0.15) is 0 Å². The first-order valence-corrected chi connectivity index (χ1v) is 10.4. The van der Waals surface area contributed by atoms with Gasteiger partial charge in [0.25, 0.3) is 0 Å². The van der Waals surface area contributed by atoms with Gasteiger partial charge < -0.3 is 15.0 Å². The number of hydrogen-bond acceptors (Lipinski definition) is 9. The summed E-state index contributed by atoms with van der Waals surface area (Å²) in [6, 6.07) is 0. The molecule has 0 aliphatic carbocycles. The van der Waals surface area contributed by atoms with E-state index >= 15 is 0 Å². The smallest absolute Gasteiger partial charge is 0.543 e. The molecule has 3 rings (SSSR count). The van der Waals surface area contributed by atoms with Crippen LogP contribution in [0.4, 0.5) is 0 Å². The largest absolute Gasteiger partial charge is 1.00 e. The van der Waals surface area contributed by atoms with Crippen molar-refractivity contribution in [1.29, 1.82) is 0 Å². The minimum atomic E-state index is -1.35. The number of carbonyl (C=O) groups is 2. The van der Waals surface area contributed by atoms with E-state index in [0.29, 0.717) is 9.32 Å². The zero-order chi connectivity index (χ0) is 16.7. The molecule has 0 radical (unpaired) electrons. The second-order valence-corrected chi connectivity index (χ2v) is 9.88. The molecule has 1 N–H and O–H groups in total. The first-order chi connectivity index (χ1) is 10.9. The Balaban J connectivity index is 0.00000208. The number of aliphatic carboxylic acids is 1. The molecule has 24 heavy (non-hydrogen) atoms. The first-order valence-electron chi connectivity index (χ1n) is 6.71. The van der Waals surface area contributed by atoms with E-state index in [1.54, 1.807) is 18.3 Å². The summed E-state index contributed by atoms with van der Waals surface area (Å²) in [5.74, 6) is -2.26. The van der Waals surface area contributed by atoms with Gasteiger partial charge >= 0.3 is 51.4 Å². The predicted octanol–water partition coefficient (Wildman–Crippen LogP) is -1.93. The number of carboxylic acid groups (broad SMARTS) is 1. The Morgan fingerprint density at radius 1 is 1.54 bits per heavy atom. The standard InChI is InChI=1S/C13H14N2O4S4.K/c1-5-3-20-13(14-5)22-4-21-12-8(11(18)19)15-9(17)7(6(2)16)10(15)23-12;/h3,6-7,10,16H,4H2,1-2H3,(H,18,19);/q;+1/p-1/t6-,7+,10-;/m1./s1. The summed E-state index contributed by atoms with van der Waals surface area (Å²) in [7, 11) is 0. The maximum absolute atomic E-state index is 12.0. The molecule has 124 valence electrons. The fourth-order valence-electron chi connectivity index (χ4n) is 2.37. The minimum Gasteiger partial charge on any atom is -0.543 e. The maximum Gasteiger partial charge on any atom is 1.00 e. The molecular formula is C13H13KN2O4S4.